The molecule has 2 aromatic carbocycles. The van der Waals surface area contributed by atoms with Gasteiger partial charge in [-0.1, -0.05) is 30.3 Å². The highest BCUT2D eigenvalue weighted by molar-refractivity contribution is 5.91. The van der Waals surface area contributed by atoms with Crippen LogP contribution < -0.4 is 15.4 Å². The largest absolute Gasteiger partial charge is 0.493 e. The average Bonchev–Trinajstić information content (AvgIpc) is 3.28. The Morgan fingerprint density at radius 1 is 1.05 bits per heavy atom. The number of aromatic nitrogens is 1. The van der Waals surface area contributed by atoms with Crippen LogP contribution in [0.5, 0.6) is 5.75 Å². The molecule has 0 fully saturated rings. The van der Waals surface area contributed by atoms with E-state index < -0.39 is 36.5 Å². The number of rotatable bonds is 12. The summed E-state index contributed by atoms with van der Waals surface area (Å²) in [5.41, 5.74) is 2.08. The lowest BCUT2D eigenvalue weighted by atomic mass is 10.0. The second kappa shape index (κ2) is 13.4. The Labute approximate surface area is 222 Å². The molecule has 2 N–H and O–H groups in total. The fourth-order valence-corrected chi connectivity index (χ4v) is 3.53. The number of ether oxygens (including phenoxy) is 2. The van der Waals surface area contributed by atoms with Crippen molar-refractivity contribution in [1.82, 2.24) is 15.6 Å². The van der Waals surface area contributed by atoms with Crippen LogP contribution in [-0.2, 0) is 32.0 Å². The summed E-state index contributed by atoms with van der Waals surface area (Å²) in [6.07, 6.45) is -4.95. The first-order valence-electron chi connectivity index (χ1n) is 12.1. The van der Waals surface area contributed by atoms with E-state index in [9.17, 15) is 27.6 Å². The number of amides is 2. The molecule has 1 aromatic heterocycles. The zero-order valence-electron chi connectivity index (χ0n) is 21.3. The molecule has 3 rings (SSSR count). The molecule has 0 aliphatic rings. The third-order valence-corrected chi connectivity index (χ3v) is 5.48. The summed E-state index contributed by atoms with van der Waals surface area (Å²) < 4.78 is 54.5. The molecule has 1 heterocycles. The Morgan fingerprint density at radius 2 is 1.74 bits per heavy atom. The van der Waals surface area contributed by atoms with Crippen molar-refractivity contribution in [2.24, 2.45) is 0 Å². The number of nitrogens with zero attached hydrogens (tertiary/aromatic N) is 1. The molecule has 0 saturated carbocycles. The van der Waals surface area contributed by atoms with E-state index in [1.807, 2.05) is 37.3 Å². The molecule has 0 unspecified atom stereocenters. The Morgan fingerprint density at radius 3 is 2.38 bits per heavy atom. The SMILES string of the molecule is CCOC(=O)CNC(=O)[C@H](Cc1ccc(OCCc2nc(-c3ccccc3)oc2C)cc1)NC(=O)C(F)(F)F. The minimum Gasteiger partial charge on any atom is -0.493 e. The summed E-state index contributed by atoms with van der Waals surface area (Å²) in [5, 5.41) is 3.85. The maximum atomic E-state index is 12.8. The van der Waals surface area contributed by atoms with E-state index in [-0.39, 0.29) is 13.0 Å². The second-order valence-corrected chi connectivity index (χ2v) is 8.38. The standard InChI is InChI=1S/C27H28F3N3O6/c1-3-37-23(34)16-31-24(35)22(33-26(36)27(28,29)30)15-18-9-11-20(12-10-18)38-14-13-21-17(2)39-25(32-21)19-7-5-4-6-8-19/h4-12,22H,3,13-16H2,1-2H3,(H,31,35)(H,33,36)/t22-/m0/s1. The molecule has 9 nitrogen and oxygen atoms in total. The van der Waals surface area contributed by atoms with Gasteiger partial charge in [0.2, 0.25) is 11.8 Å². The highest BCUT2D eigenvalue weighted by Gasteiger charge is 2.40. The van der Waals surface area contributed by atoms with Crippen LogP contribution in [0.1, 0.15) is 23.9 Å². The predicted molar refractivity (Wildman–Crippen MR) is 134 cm³/mol. The van der Waals surface area contributed by atoms with Gasteiger partial charge in [0.25, 0.3) is 0 Å². The highest BCUT2D eigenvalue weighted by Crippen LogP contribution is 2.22. The van der Waals surface area contributed by atoms with Gasteiger partial charge in [-0.15, -0.1) is 0 Å². The van der Waals surface area contributed by atoms with Gasteiger partial charge in [0, 0.05) is 18.4 Å². The molecule has 0 spiro atoms. The van der Waals surface area contributed by atoms with E-state index in [2.05, 4.69) is 15.0 Å². The van der Waals surface area contributed by atoms with Crippen LogP contribution in [0.15, 0.2) is 59.0 Å². The molecule has 0 saturated heterocycles. The minimum absolute atomic E-state index is 0.0737. The fraction of sp³-hybridized carbons (Fsp3) is 0.333. The number of hydrogen-bond acceptors (Lipinski definition) is 7. The lowest BCUT2D eigenvalue weighted by Crippen LogP contribution is -2.52. The van der Waals surface area contributed by atoms with Crippen molar-refractivity contribution in [2.45, 2.75) is 38.9 Å². The van der Waals surface area contributed by atoms with Crippen LogP contribution in [0.2, 0.25) is 0 Å². The Balaban J connectivity index is 1.58. The van der Waals surface area contributed by atoms with Gasteiger partial charge in [-0.05, 0) is 43.7 Å². The van der Waals surface area contributed by atoms with Crippen LogP contribution in [0.25, 0.3) is 11.5 Å². The first-order valence-corrected chi connectivity index (χ1v) is 12.1. The number of nitrogens with one attached hydrogen (secondary N) is 2. The van der Waals surface area contributed by atoms with E-state index in [1.165, 1.54) is 0 Å². The summed E-state index contributed by atoms with van der Waals surface area (Å²) in [7, 11) is 0. The minimum atomic E-state index is -5.18. The molecule has 3 aromatic rings. The zero-order valence-corrected chi connectivity index (χ0v) is 21.3. The summed E-state index contributed by atoms with van der Waals surface area (Å²) in [5.74, 6) is -2.29. The number of alkyl halides is 3. The number of esters is 1. The molecule has 0 radical (unpaired) electrons. The molecular formula is C27H28F3N3O6. The van der Waals surface area contributed by atoms with Crippen LogP contribution in [0, 0.1) is 6.92 Å². The molecule has 2 amide bonds. The number of oxazole rings is 1. The van der Waals surface area contributed by atoms with Crippen LogP contribution in [0.3, 0.4) is 0 Å². The van der Waals surface area contributed by atoms with Crippen LogP contribution in [-0.4, -0.2) is 54.7 Å². The number of hydrogen-bond donors (Lipinski definition) is 2. The van der Waals surface area contributed by atoms with Gasteiger partial charge in [-0.25, -0.2) is 4.98 Å². The molecule has 0 bridgehead atoms. The Hall–Kier alpha value is -4.35. The van der Waals surface area contributed by atoms with E-state index in [0.717, 1.165) is 11.3 Å². The Bertz CT molecular complexity index is 1260. The zero-order chi connectivity index (χ0) is 28.4. The lowest BCUT2D eigenvalue weighted by molar-refractivity contribution is -0.174. The molecule has 39 heavy (non-hydrogen) atoms. The van der Waals surface area contributed by atoms with Crippen LogP contribution >= 0.6 is 0 Å². The van der Waals surface area contributed by atoms with E-state index >= 15 is 0 Å². The van der Waals surface area contributed by atoms with Gasteiger partial charge < -0.3 is 24.5 Å². The van der Waals surface area contributed by atoms with Gasteiger partial charge in [0.1, 0.15) is 24.1 Å². The van der Waals surface area contributed by atoms with Gasteiger partial charge in [0.15, 0.2) is 0 Å². The lowest BCUT2D eigenvalue weighted by Gasteiger charge is -2.19. The number of aryl methyl sites for hydroxylation is 1. The molecular weight excluding hydrogens is 519 g/mol. The predicted octanol–water partition coefficient (Wildman–Crippen LogP) is 3.54. The fourth-order valence-electron chi connectivity index (χ4n) is 3.53. The van der Waals surface area contributed by atoms with Crippen molar-refractivity contribution in [3.05, 3.63) is 71.6 Å². The van der Waals surface area contributed by atoms with Crippen molar-refractivity contribution < 1.29 is 41.4 Å². The molecule has 208 valence electrons. The molecule has 1 atom stereocenters. The summed E-state index contributed by atoms with van der Waals surface area (Å²) in [4.78, 5) is 39.9. The second-order valence-electron chi connectivity index (χ2n) is 8.38. The van der Waals surface area contributed by atoms with Gasteiger partial charge in [-0.3, -0.25) is 14.4 Å². The van der Waals surface area contributed by atoms with Gasteiger partial charge in [-0.2, -0.15) is 13.2 Å². The summed E-state index contributed by atoms with van der Waals surface area (Å²) in [6, 6.07) is 14.2. The number of halogens is 3. The number of carbonyl (C=O) groups is 3. The monoisotopic (exact) mass is 547 g/mol. The third kappa shape index (κ3) is 8.87. The van der Waals surface area contributed by atoms with E-state index in [1.54, 1.807) is 36.5 Å². The van der Waals surface area contributed by atoms with E-state index in [0.29, 0.717) is 36.0 Å². The van der Waals surface area contributed by atoms with Crippen molar-refractivity contribution in [2.75, 3.05) is 19.8 Å². The Kier molecular flexibility index (Phi) is 10.1. The van der Waals surface area contributed by atoms with Crippen molar-refractivity contribution in [3.63, 3.8) is 0 Å². The molecule has 0 aliphatic carbocycles. The van der Waals surface area contributed by atoms with Crippen molar-refractivity contribution >= 4 is 17.8 Å². The quantitative estimate of drug-likeness (QED) is 0.333. The van der Waals surface area contributed by atoms with Crippen molar-refractivity contribution in [1.29, 1.82) is 0 Å². The first-order chi connectivity index (χ1) is 18.6. The van der Waals surface area contributed by atoms with Gasteiger partial charge in [0.05, 0.1) is 18.9 Å². The highest BCUT2D eigenvalue weighted by atomic mass is 19.4. The van der Waals surface area contributed by atoms with Crippen LogP contribution in [0.4, 0.5) is 13.2 Å². The van der Waals surface area contributed by atoms with E-state index in [4.69, 9.17) is 9.15 Å². The average molecular weight is 548 g/mol. The van der Waals surface area contributed by atoms with Gasteiger partial charge >= 0.3 is 18.1 Å². The summed E-state index contributed by atoms with van der Waals surface area (Å²) >= 11 is 0. The van der Waals surface area contributed by atoms with Crippen molar-refractivity contribution in [3.8, 4) is 17.2 Å². The number of benzene rings is 2. The topological polar surface area (TPSA) is 120 Å². The number of carbonyl (C=O) groups excluding carboxylic acids is 3. The molecule has 0 aliphatic heterocycles. The maximum absolute atomic E-state index is 12.8. The smallest absolute Gasteiger partial charge is 0.471 e. The first kappa shape index (κ1) is 29.2. The summed E-state index contributed by atoms with van der Waals surface area (Å²) in [6.45, 7) is 3.21. The third-order valence-electron chi connectivity index (χ3n) is 5.48. The maximum Gasteiger partial charge on any atom is 0.471 e. The normalized spacial score (nSPS) is 11.9. The molecule has 12 heteroatoms.